The van der Waals surface area contributed by atoms with E-state index in [9.17, 15) is 13.2 Å². The van der Waals surface area contributed by atoms with Gasteiger partial charge < -0.3 is 10.1 Å². The first-order valence-electron chi connectivity index (χ1n) is 8.91. The predicted molar refractivity (Wildman–Crippen MR) is 121 cm³/mol. The average Bonchev–Trinajstić information content (AvgIpc) is 2.74. The average molecular weight is 487 g/mol. The van der Waals surface area contributed by atoms with E-state index in [1.165, 1.54) is 24.3 Å². The van der Waals surface area contributed by atoms with Gasteiger partial charge in [0, 0.05) is 21.4 Å². The SMILES string of the molecule is C=CCOc1ccc(C(=O)Nc2ccc(S(=O)(=O)Nc3ccc(Br)cc3)cc2)cc1. The van der Waals surface area contributed by atoms with Gasteiger partial charge in [-0.25, -0.2) is 8.42 Å². The molecule has 0 radical (unpaired) electrons. The topological polar surface area (TPSA) is 84.5 Å². The zero-order valence-electron chi connectivity index (χ0n) is 15.8. The molecule has 0 aromatic heterocycles. The standard InChI is InChI=1S/C22H19BrN2O4S/c1-2-15-29-20-11-3-16(4-12-20)22(26)24-18-9-13-21(14-10-18)30(27,28)25-19-7-5-17(23)6-8-19/h2-14,25H,1,15H2,(H,24,26). The molecule has 0 aliphatic heterocycles. The molecule has 0 fully saturated rings. The lowest BCUT2D eigenvalue weighted by molar-refractivity contribution is 0.102. The summed E-state index contributed by atoms with van der Waals surface area (Å²) in [5, 5.41) is 2.74. The first kappa shape index (κ1) is 21.6. The van der Waals surface area contributed by atoms with Gasteiger partial charge in [0.05, 0.1) is 4.90 Å². The van der Waals surface area contributed by atoms with Crippen LogP contribution in [-0.2, 0) is 10.0 Å². The molecule has 0 saturated carbocycles. The summed E-state index contributed by atoms with van der Waals surface area (Å²) in [5.74, 6) is 0.327. The molecule has 2 N–H and O–H groups in total. The Bertz CT molecular complexity index is 1130. The zero-order chi connectivity index (χ0) is 21.6. The molecule has 3 aromatic carbocycles. The lowest BCUT2D eigenvalue weighted by Crippen LogP contribution is -2.14. The van der Waals surface area contributed by atoms with Crippen LogP contribution in [0.25, 0.3) is 0 Å². The molecule has 0 spiro atoms. The van der Waals surface area contributed by atoms with Gasteiger partial charge in [-0.15, -0.1) is 0 Å². The zero-order valence-corrected chi connectivity index (χ0v) is 18.2. The van der Waals surface area contributed by atoms with Gasteiger partial charge in [0.1, 0.15) is 12.4 Å². The normalized spacial score (nSPS) is 10.8. The van der Waals surface area contributed by atoms with Crippen molar-refractivity contribution in [2.75, 3.05) is 16.6 Å². The number of anilines is 2. The summed E-state index contributed by atoms with van der Waals surface area (Å²) in [5.41, 5.74) is 1.39. The summed E-state index contributed by atoms with van der Waals surface area (Å²) < 4.78 is 33.8. The molecule has 30 heavy (non-hydrogen) atoms. The van der Waals surface area contributed by atoms with Crippen molar-refractivity contribution >= 4 is 43.2 Å². The van der Waals surface area contributed by atoms with E-state index < -0.39 is 10.0 Å². The maximum absolute atomic E-state index is 12.5. The van der Waals surface area contributed by atoms with E-state index in [0.717, 1.165) is 4.47 Å². The van der Waals surface area contributed by atoms with Crippen molar-refractivity contribution in [2.24, 2.45) is 0 Å². The summed E-state index contributed by atoms with van der Waals surface area (Å²) in [6.07, 6.45) is 1.64. The molecule has 0 saturated heterocycles. The lowest BCUT2D eigenvalue weighted by Gasteiger charge is -2.10. The number of rotatable bonds is 8. The van der Waals surface area contributed by atoms with E-state index >= 15 is 0 Å². The highest BCUT2D eigenvalue weighted by Crippen LogP contribution is 2.21. The van der Waals surface area contributed by atoms with Crippen LogP contribution in [0.4, 0.5) is 11.4 Å². The molecule has 0 aliphatic carbocycles. The van der Waals surface area contributed by atoms with E-state index in [1.807, 2.05) is 0 Å². The second-order valence-corrected chi connectivity index (χ2v) is 8.81. The minimum atomic E-state index is -3.74. The Balaban J connectivity index is 1.65. The van der Waals surface area contributed by atoms with Crippen LogP contribution in [0, 0.1) is 0 Å². The molecule has 8 heteroatoms. The van der Waals surface area contributed by atoms with Crippen molar-refractivity contribution in [3.8, 4) is 5.75 Å². The van der Waals surface area contributed by atoms with E-state index in [1.54, 1.807) is 54.6 Å². The van der Waals surface area contributed by atoms with Gasteiger partial charge in [-0.3, -0.25) is 9.52 Å². The number of carbonyl (C=O) groups excluding carboxylic acids is 1. The third kappa shape index (κ3) is 5.71. The summed E-state index contributed by atoms with van der Waals surface area (Å²) in [6.45, 7) is 3.97. The number of benzene rings is 3. The third-order valence-electron chi connectivity index (χ3n) is 4.00. The summed E-state index contributed by atoms with van der Waals surface area (Å²) in [6, 6.07) is 19.4. The van der Waals surface area contributed by atoms with Gasteiger partial charge in [0.25, 0.3) is 15.9 Å². The molecule has 1 amide bonds. The van der Waals surface area contributed by atoms with Crippen LogP contribution in [-0.4, -0.2) is 20.9 Å². The van der Waals surface area contributed by atoms with E-state index in [0.29, 0.717) is 29.3 Å². The second kappa shape index (κ2) is 9.60. The predicted octanol–water partition coefficient (Wildman–Crippen LogP) is 5.07. The molecule has 154 valence electrons. The van der Waals surface area contributed by atoms with E-state index in [2.05, 4.69) is 32.5 Å². The molecule has 0 heterocycles. The van der Waals surface area contributed by atoms with Crippen LogP contribution >= 0.6 is 15.9 Å². The smallest absolute Gasteiger partial charge is 0.261 e. The Hall–Kier alpha value is -3.10. The summed E-state index contributed by atoms with van der Waals surface area (Å²) in [7, 11) is -3.74. The number of carbonyl (C=O) groups is 1. The third-order valence-corrected chi connectivity index (χ3v) is 5.93. The number of hydrogen-bond acceptors (Lipinski definition) is 4. The highest BCUT2D eigenvalue weighted by Gasteiger charge is 2.14. The van der Waals surface area contributed by atoms with Crippen molar-refractivity contribution < 1.29 is 17.9 Å². The van der Waals surface area contributed by atoms with E-state index in [4.69, 9.17) is 4.74 Å². The molecular weight excluding hydrogens is 468 g/mol. The number of hydrogen-bond donors (Lipinski definition) is 2. The Morgan fingerprint density at radius 2 is 1.53 bits per heavy atom. The Morgan fingerprint density at radius 1 is 0.933 bits per heavy atom. The van der Waals surface area contributed by atoms with Crippen LogP contribution in [0.2, 0.25) is 0 Å². The highest BCUT2D eigenvalue weighted by atomic mass is 79.9. The molecule has 0 atom stereocenters. The van der Waals surface area contributed by atoms with Crippen LogP contribution in [0.15, 0.2) is 94.8 Å². The molecular formula is C22H19BrN2O4S. The van der Waals surface area contributed by atoms with Gasteiger partial charge in [0.15, 0.2) is 0 Å². The van der Waals surface area contributed by atoms with Gasteiger partial charge in [0.2, 0.25) is 0 Å². The van der Waals surface area contributed by atoms with Crippen molar-refractivity contribution in [3.63, 3.8) is 0 Å². The number of sulfonamides is 1. The molecule has 6 nitrogen and oxygen atoms in total. The molecule has 3 aromatic rings. The van der Waals surface area contributed by atoms with Crippen LogP contribution in [0.1, 0.15) is 10.4 Å². The van der Waals surface area contributed by atoms with Crippen molar-refractivity contribution in [3.05, 3.63) is 95.5 Å². The summed E-state index contributed by atoms with van der Waals surface area (Å²) in [4.78, 5) is 12.5. The maximum Gasteiger partial charge on any atom is 0.261 e. The van der Waals surface area contributed by atoms with Crippen molar-refractivity contribution in [1.82, 2.24) is 0 Å². The number of halogens is 1. The van der Waals surface area contributed by atoms with Gasteiger partial charge >= 0.3 is 0 Å². The van der Waals surface area contributed by atoms with Gasteiger partial charge in [-0.2, -0.15) is 0 Å². The largest absolute Gasteiger partial charge is 0.490 e. The Kier molecular flexibility index (Phi) is 6.91. The Labute approximate surface area is 183 Å². The summed E-state index contributed by atoms with van der Waals surface area (Å²) >= 11 is 3.31. The quantitative estimate of drug-likeness (QED) is 0.435. The molecule has 3 rings (SSSR count). The minimum absolute atomic E-state index is 0.0899. The molecule has 0 unspecified atom stereocenters. The first-order chi connectivity index (χ1) is 14.4. The fraction of sp³-hybridized carbons (Fsp3) is 0.0455. The number of amides is 1. The lowest BCUT2D eigenvalue weighted by atomic mass is 10.2. The van der Waals surface area contributed by atoms with Gasteiger partial charge in [-0.1, -0.05) is 28.6 Å². The second-order valence-electron chi connectivity index (χ2n) is 6.21. The van der Waals surface area contributed by atoms with Crippen LogP contribution in [0.5, 0.6) is 5.75 Å². The van der Waals surface area contributed by atoms with Crippen LogP contribution < -0.4 is 14.8 Å². The first-order valence-corrected chi connectivity index (χ1v) is 11.2. The van der Waals surface area contributed by atoms with Gasteiger partial charge in [-0.05, 0) is 72.8 Å². The number of nitrogens with one attached hydrogen (secondary N) is 2. The van der Waals surface area contributed by atoms with Crippen molar-refractivity contribution in [2.45, 2.75) is 4.90 Å². The van der Waals surface area contributed by atoms with Crippen molar-refractivity contribution in [1.29, 1.82) is 0 Å². The molecule has 0 bridgehead atoms. The van der Waals surface area contributed by atoms with Crippen LogP contribution in [0.3, 0.4) is 0 Å². The number of ether oxygens (including phenoxy) is 1. The fourth-order valence-corrected chi connectivity index (χ4v) is 3.83. The fourth-order valence-electron chi connectivity index (χ4n) is 2.51. The highest BCUT2D eigenvalue weighted by molar-refractivity contribution is 9.10. The van der Waals surface area contributed by atoms with E-state index in [-0.39, 0.29) is 10.8 Å². The molecule has 0 aliphatic rings. The monoisotopic (exact) mass is 486 g/mol. The minimum Gasteiger partial charge on any atom is -0.490 e. The Morgan fingerprint density at radius 3 is 2.13 bits per heavy atom. The maximum atomic E-state index is 12.5.